The fourth-order valence-electron chi connectivity index (χ4n) is 3.50. The largest absolute Gasteiger partial charge is 0.433 e. The Morgan fingerprint density at radius 3 is 2.48 bits per heavy atom. The number of hydrogen-bond donors (Lipinski definition) is 0. The summed E-state index contributed by atoms with van der Waals surface area (Å²) < 4.78 is 5.20. The molecular weight excluding hydrogens is 298 g/mol. The molecule has 0 aromatic carbocycles. The normalized spacial score (nSPS) is 20.6. The van der Waals surface area contributed by atoms with Crippen molar-refractivity contribution in [1.29, 1.82) is 0 Å². The first kappa shape index (κ1) is 16.0. The van der Waals surface area contributed by atoms with E-state index in [-0.39, 0.29) is 11.8 Å². The van der Waals surface area contributed by atoms with Crippen LogP contribution in [0.4, 0.5) is 5.88 Å². The van der Waals surface area contributed by atoms with Gasteiger partial charge in [0.05, 0.1) is 12.6 Å². The number of carbonyl (C=O) groups is 1. The van der Waals surface area contributed by atoms with Gasteiger partial charge in [0, 0.05) is 32.1 Å². The fraction of sp³-hybridized carbons (Fsp3) is 0.688. The Morgan fingerprint density at radius 2 is 1.87 bits per heavy atom. The molecule has 2 fully saturated rings. The van der Waals surface area contributed by atoms with Crippen molar-refractivity contribution in [1.82, 2.24) is 9.80 Å². The van der Waals surface area contributed by atoms with Gasteiger partial charge in [0.1, 0.15) is 10.7 Å². The molecule has 1 aromatic rings. The third-order valence-corrected chi connectivity index (χ3v) is 4.85. The SMILES string of the molecule is O=C(C1CCCCC1)N1CCN(Cc2ccc([N+](=O)[O-])o2)CC1. The Balaban J connectivity index is 1.47. The fourth-order valence-corrected chi connectivity index (χ4v) is 3.50. The van der Waals surface area contributed by atoms with Crippen LogP contribution in [0.1, 0.15) is 37.9 Å². The number of hydrogen-bond acceptors (Lipinski definition) is 5. The highest BCUT2D eigenvalue weighted by Crippen LogP contribution is 2.26. The molecule has 0 unspecified atom stereocenters. The highest BCUT2D eigenvalue weighted by molar-refractivity contribution is 5.79. The molecule has 1 saturated carbocycles. The van der Waals surface area contributed by atoms with Gasteiger partial charge >= 0.3 is 5.88 Å². The van der Waals surface area contributed by atoms with Gasteiger partial charge in [-0.1, -0.05) is 19.3 Å². The van der Waals surface area contributed by atoms with Crippen LogP contribution in [-0.2, 0) is 11.3 Å². The van der Waals surface area contributed by atoms with Crippen LogP contribution >= 0.6 is 0 Å². The molecule has 1 aliphatic carbocycles. The van der Waals surface area contributed by atoms with E-state index in [0.29, 0.717) is 18.2 Å². The molecule has 7 nitrogen and oxygen atoms in total. The number of nitro groups is 1. The lowest BCUT2D eigenvalue weighted by Gasteiger charge is -2.36. The van der Waals surface area contributed by atoms with Crippen molar-refractivity contribution in [2.75, 3.05) is 26.2 Å². The first-order valence-electron chi connectivity index (χ1n) is 8.38. The number of furan rings is 1. The summed E-state index contributed by atoms with van der Waals surface area (Å²) in [5.74, 6) is 0.927. The van der Waals surface area contributed by atoms with E-state index in [1.165, 1.54) is 25.3 Å². The summed E-state index contributed by atoms with van der Waals surface area (Å²) in [4.78, 5) is 26.8. The van der Waals surface area contributed by atoms with Crippen LogP contribution in [0.2, 0.25) is 0 Å². The molecule has 2 heterocycles. The zero-order valence-electron chi connectivity index (χ0n) is 13.3. The Kier molecular flexibility index (Phi) is 4.95. The van der Waals surface area contributed by atoms with Crippen LogP contribution < -0.4 is 0 Å². The maximum absolute atomic E-state index is 12.5. The number of nitrogens with zero attached hydrogens (tertiary/aromatic N) is 3. The van der Waals surface area contributed by atoms with Crippen LogP contribution in [-0.4, -0.2) is 46.8 Å². The van der Waals surface area contributed by atoms with E-state index in [1.807, 2.05) is 4.90 Å². The molecular formula is C16H23N3O4. The number of carbonyl (C=O) groups excluding carboxylic acids is 1. The van der Waals surface area contributed by atoms with E-state index in [9.17, 15) is 14.9 Å². The summed E-state index contributed by atoms with van der Waals surface area (Å²) in [6.07, 6.45) is 5.68. The molecule has 126 valence electrons. The van der Waals surface area contributed by atoms with Crippen LogP contribution in [0.15, 0.2) is 16.5 Å². The molecule has 0 atom stereocenters. The second-order valence-corrected chi connectivity index (χ2v) is 6.43. The minimum absolute atomic E-state index is 0.217. The van der Waals surface area contributed by atoms with Crippen molar-refractivity contribution in [2.45, 2.75) is 38.6 Å². The Hall–Kier alpha value is -1.89. The second-order valence-electron chi connectivity index (χ2n) is 6.43. The zero-order valence-corrected chi connectivity index (χ0v) is 13.3. The monoisotopic (exact) mass is 321 g/mol. The molecule has 1 saturated heterocycles. The van der Waals surface area contributed by atoms with Gasteiger partial charge < -0.3 is 9.32 Å². The van der Waals surface area contributed by atoms with Crippen LogP contribution in [0.25, 0.3) is 0 Å². The van der Waals surface area contributed by atoms with Gasteiger partial charge in [-0.15, -0.1) is 0 Å². The van der Waals surface area contributed by atoms with E-state index in [4.69, 9.17) is 4.42 Å². The molecule has 1 aliphatic heterocycles. The molecule has 1 aromatic heterocycles. The van der Waals surface area contributed by atoms with Crippen molar-refractivity contribution >= 4 is 11.8 Å². The van der Waals surface area contributed by atoms with E-state index in [1.54, 1.807) is 6.07 Å². The minimum atomic E-state index is -0.524. The Morgan fingerprint density at radius 1 is 1.17 bits per heavy atom. The molecule has 3 rings (SSSR count). The Bertz CT molecular complexity index is 557. The first-order chi connectivity index (χ1) is 11.1. The highest BCUT2D eigenvalue weighted by Gasteiger charge is 2.28. The summed E-state index contributed by atoms with van der Waals surface area (Å²) in [6.45, 7) is 3.59. The molecule has 0 bridgehead atoms. The van der Waals surface area contributed by atoms with Crippen LogP contribution in [0, 0.1) is 16.0 Å². The lowest BCUT2D eigenvalue weighted by molar-refractivity contribution is -0.402. The molecule has 0 radical (unpaired) electrons. The summed E-state index contributed by atoms with van der Waals surface area (Å²) in [6, 6.07) is 3.04. The quantitative estimate of drug-likeness (QED) is 0.628. The third-order valence-electron chi connectivity index (χ3n) is 4.85. The second kappa shape index (κ2) is 7.12. The number of rotatable bonds is 4. The van der Waals surface area contributed by atoms with Crippen molar-refractivity contribution in [3.8, 4) is 0 Å². The van der Waals surface area contributed by atoms with Crippen LogP contribution in [0.5, 0.6) is 0 Å². The summed E-state index contributed by atoms with van der Waals surface area (Å²) in [5, 5.41) is 10.6. The summed E-state index contributed by atoms with van der Waals surface area (Å²) in [5.41, 5.74) is 0. The zero-order chi connectivity index (χ0) is 16.2. The average Bonchev–Trinajstić information content (AvgIpc) is 3.04. The maximum Gasteiger partial charge on any atom is 0.433 e. The molecule has 0 spiro atoms. The van der Waals surface area contributed by atoms with E-state index < -0.39 is 4.92 Å². The van der Waals surface area contributed by atoms with Crippen LogP contribution in [0.3, 0.4) is 0 Å². The Labute approximate surface area is 135 Å². The van der Waals surface area contributed by atoms with Gasteiger partial charge in [0.25, 0.3) is 0 Å². The standard InChI is InChI=1S/C16H23N3O4/c20-16(13-4-2-1-3-5-13)18-10-8-17(9-11-18)12-14-6-7-15(23-14)19(21)22/h6-7,13H,1-5,8-12H2. The van der Waals surface area contributed by atoms with E-state index >= 15 is 0 Å². The number of piperazine rings is 1. The van der Waals surface area contributed by atoms with Gasteiger partial charge in [-0.3, -0.25) is 19.8 Å². The van der Waals surface area contributed by atoms with Gasteiger partial charge in [0.2, 0.25) is 5.91 Å². The van der Waals surface area contributed by atoms with Crippen molar-refractivity contribution in [3.63, 3.8) is 0 Å². The maximum atomic E-state index is 12.5. The third kappa shape index (κ3) is 3.90. The molecule has 2 aliphatic rings. The highest BCUT2D eigenvalue weighted by atomic mass is 16.6. The predicted molar refractivity (Wildman–Crippen MR) is 83.8 cm³/mol. The van der Waals surface area contributed by atoms with Gasteiger partial charge in [-0.25, -0.2) is 0 Å². The number of amides is 1. The molecule has 1 amide bonds. The minimum Gasteiger partial charge on any atom is -0.404 e. The smallest absolute Gasteiger partial charge is 0.404 e. The van der Waals surface area contributed by atoms with Gasteiger partial charge in [-0.2, -0.15) is 0 Å². The van der Waals surface area contributed by atoms with Gasteiger partial charge in [0.15, 0.2) is 0 Å². The molecule has 0 N–H and O–H groups in total. The topological polar surface area (TPSA) is 79.8 Å². The van der Waals surface area contributed by atoms with Crippen molar-refractivity contribution in [2.24, 2.45) is 5.92 Å². The van der Waals surface area contributed by atoms with E-state index in [2.05, 4.69) is 4.90 Å². The summed E-state index contributed by atoms with van der Waals surface area (Å²) >= 11 is 0. The lowest BCUT2D eigenvalue weighted by Crippen LogP contribution is -2.50. The molecule has 23 heavy (non-hydrogen) atoms. The predicted octanol–water partition coefficient (Wildman–Crippen LogP) is 2.41. The average molecular weight is 321 g/mol. The van der Waals surface area contributed by atoms with Crippen molar-refractivity contribution in [3.05, 3.63) is 28.0 Å². The lowest BCUT2D eigenvalue weighted by atomic mass is 9.88. The van der Waals surface area contributed by atoms with Gasteiger partial charge in [-0.05, 0) is 18.9 Å². The van der Waals surface area contributed by atoms with E-state index in [0.717, 1.165) is 39.0 Å². The molecule has 7 heteroatoms. The summed E-state index contributed by atoms with van der Waals surface area (Å²) in [7, 11) is 0. The first-order valence-corrected chi connectivity index (χ1v) is 8.38. The van der Waals surface area contributed by atoms with Crippen molar-refractivity contribution < 1.29 is 14.1 Å².